The van der Waals surface area contributed by atoms with Crippen molar-refractivity contribution in [1.82, 2.24) is 9.97 Å². The van der Waals surface area contributed by atoms with Gasteiger partial charge in [-0.15, -0.1) is 0 Å². The molecule has 2 aromatic heterocycles. The Morgan fingerprint density at radius 3 is 2.88 bits per heavy atom. The highest BCUT2D eigenvalue weighted by Crippen LogP contribution is 2.31. The van der Waals surface area contributed by atoms with Crippen molar-refractivity contribution in [1.29, 1.82) is 0 Å². The van der Waals surface area contributed by atoms with Gasteiger partial charge in [-0.1, -0.05) is 37.3 Å². The predicted molar refractivity (Wildman–Crippen MR) is 99.6 cm³/mol. The molecule has 0 amide bonds. The van der Waals surface area contributed by atoms with Crippen molar-refractivity contribution >= 4 is 27.9 Å². The van der Waals surface area contributed by atoms with Gasteiger partial charge in [0.05, 0.1) is 0 Å². The number of rotatable bonds is 6. The van der Waals surface area contributed by atoms with Crippen LogP contribution in [0.1, 0.15) is 24.7 Å². The third kappa shape index (κ3) is 3.14. The minimum atomic E-state index is 0.737. The summed E-state index contributed by atoms with van der Waals surface area (Å²) in [5, 5.41) is 4.47. The molecule has 4 aromatic rings. The maximum absolute atomic E-state index is 6.00. The first-order valence-electron chi connectivity index (χ1n) is 8.64. The summed E-state index contributed by atoms with van der Waals surface area (Å²) in [6, 6.07) is 19.9. The zero-order valence-electron chi connectivity index (χ0n) is 14.2. The molecule has 0 fully saturated rings. The molecule has 4 nitrogen and oxygen atoms in total. The smallest absolute Gasteiger partial charge is 0.196 e. The molecule has 0 aliphatic carbocycles. The van der Waals surface area contributed by atoms with Gasteiger partial charge in [-0.05, 0) is 42.7 Å². The van der Waals surface area contributed by atoms with Crippen LogP contribution in [0.5, 0.6) is 0 Å². The van der Waals surface area contributed by atoms with Gasteiger partial charge in [0.15, 0.2) is 11.4 Å². The lowest BCUT2D eigenvalue weighted by molar-refractivity contribution is 0.665. The van der Waals surface area contributed by atoms with Crippen LogP contribution in [0.4, 0.5) is 5.82 Å². The number of hydrogen-bond acceptors (Lipinski definition) is 4. The summed E-state index contributed by atoms with van der Waals surface area (Å²) in [6.07, 6.45) is 2.79. The highest BCUT2D eigenvalue weighted by molar-refractivity contribution is 6.05. The number of anilines is 1. The number of benzene rings is 1. The molecule has 2 heterocycles. The van der Waals surface area contributed by atoms with Crippen molar-refractivity contribution in [2.75, 3.05) is 11.9 Å². The minimum Gasteiger partial charge on any atom is -0.450 e. The van der Waals surface area contributed by atoms with E-state index in [9.17, 15) is 0 Å². The largest absolute Gasteiger partial charge is 0.450 e. The van der Waals surface area contributed by atoms with E-state index in [0.29, 0.717) is 0 Å². The summed E-state index contributed by atoms with van der Waals surface area (Å²) in [4.78, 5) is 9.30. The Bertz CT molecular complexity index is 992. The summed E-state index contributed by atoms with van der Waals surface area (Å²) in [5.41, 5.74) is 3.74. The lowest BCUT2D eigenvalue weighted by Crippen LogP contribution is -2.07. The molecule has 0 saturated heterocycles. The Kier molecular flexibility index (Phi) is 4.22. The van der Waals surface area contributed by atoms with Crippen LogP contribution < -0.4 is 5.32 Å². The molecule has 0 saturated carbocycles. The molecule has 0 spiro atoms. The van der Waals surface area contributed by atoms with E-state index in [-0.39, 0.29) is 0 Å². The third-order valence-corrected chi connectivity index (χ3v) is 4.24. The van der Waals surface area contributed by atoms with Crippen LogP contribution in [0, 0.1) is 12.1 Å². The number of fused-ring (bicyclic) bond motifs is 3. The topological polar surface area (TPSA) is 51.0 Å². The van der Waals surface area contributed by atoms with Gasteiger partial charge in [-0.3, -0.25) is 0 Å². The van der Waals surface area contributed by atoms with Gasteiger partial charge in [-0.2, -0.15) is 0 Å². The fourth-order valence-corrected chi connectivity index (χ4v) is 2.95. The highest BCUT2D eigenvalue weighted by Gasteiger charge is 2.14. The molecular weight excluding hydrogens is 310 g/mol. The molecule has 1 N–H and O–H groups in total. The Hall–Kier alpha value is -3.06. The van der Waals surface area contributed by atoms with E-state index in [1.54, 1.807) is 0 Å². The number of para-hydroxylation sites is 1. The second kappa shape index (κ2) is 6.82. The Morgan fingerprint density at radius 2 is 2.04 bits per heavy atom. The van der Waals surface area contributed by atoms with Crippen LogP contribution in [0.15, 0.2) is 46.9 Å². The third-order valence-electron chi connectivity index (χ3n) is 4.24. The van der Waals surface area contributed by atoms with Crippen molar-refractivity contribution in [3.63, 3.8) is 0 Å². The molecule has 0 aliphatic heterocycles. The second-order valence-corrected chi connectivity index (χ2v) is 5.99. The maximum atomic E-state index is 6.00. The number of aryl methyl sites for hydroxylation is 2. The second-order valence-electron chi connectivity index (χ2n) is 5.99. The van der Waals surface area contributed by atoms with Gasteiger partial charge in [-0.25, -0.2) is 9.97 Å². The van der Waals surface area contributed by atoms with Crippen LogP contribution in [0.2, 0.25) is 0 Å². The van der Waals surface area contributed by atoms with E-state index in [0.717, 1.165) is 59.5 Å². The molecule has 2 aromatic carbocycles. The molecule has 0 atom stereocenters. The van der Waals surface area contributed by atoms with E-state index in [1.807, 2.05) is 36.4 Å². The lowest BCUT2D eigenvalue weighted by Gasteiger charge is -2.07. The minimum absolute atomic E-state index is 0.737. The van der Waals surface area contributed by atoms with Gasteiger partial charge in [0.2, 0.25) is 0 Å². The normalized spacial score (nSPS) is 10.9. The van der Waals surface area contributed by atoms with Gasteiger partial charge < -0.3 is 9.73 Å². The standard InChI is InChI=1S/C21H19N3O/c1-2-18-23-19-16-12-6-7-13-17(16)25-20(19)21(24-18)22-14-8-11-15-9-4-3-5-10-15/h4,6-7,9-10,12-13H,2,8,11,14H2,1H3,(H,22,23,24). The predicted octanol–water partition coefficient (Wildman–Crippen LogP) is 4.58. The van der Waals surface area contributed by atoms with Gasteiger partial charge >= 0.3 is 0 Å². The monoisotopic (exact) mass is 329 g/mol. The van der Waals surface area contributed by atoms with E-state index >= 15 is 0 Å². The summed E-state index contributed by atoms with van der Waals surface area (Å²) in [5.74, 6) is 1.61. The van der Waals surface area contributed by atoms with Crippen molar-refractivity contribution in [2.45, 2.75) is 26.2 Å². The van der Waals surface area contributed by atoms with Crippen LogP contribution in [-0.2, 0) is 12.8 Å². The van der Waals surface area contributed by atoms with E-state index in [2.05, 4.69) is 40.4 Å². The molecule has 0 aliphatic rings. The zero-order valence-corrected chi connectivity index (χ0v) is 14.2. The Morgan fingerprint density at radius 1 is 1.12 bits per heavy atom. The van der Waals surface area contributed by atoms with Crippen molar-refractivity contribution < 1.29 is 4.42 Å². The van der Waals surface area contributed by atoms with Gasteiger partial charge in [0.25, 0.3) is 0 Å². The molecule has 4 rings (SSSR count). The number of aromatic nitrogens is 2. The lowest BCUT2D eigenvalue weighted by atomic mass is 10.1. The first-order valence-corrected chi connectivity index (χ1v) is 8.64. The highest BCUT2D eigenvalue weighted by atomic mass is 16.3. The van der Waals surface area contributed by atoms with Crippen LogP contribution in [0.25, 0.3) is 22.1 Å². The van der Waals surface area contributed by atoms with Crippen LogP contribution in [0.3, 0.4) is 0 Å². The number of hydrogen-bond donors (Lipinski definition) is 1. The summed E-state index contributed by atoms with van der Waals surface area (Å²) in [7, 11) is 0. The summed E-state index contributed by atoms with van der Waals surface area (Å²) >= 11 is 0. The van der Waals surface area contributed by atoms with E-state index < -0.39 is 0 Å². The number of furan rings is 1. The molecular formula is C21H19N3O. The van der Waals surface area contributed by atoms with Crippen molar-refractivity contribution in [2.24, 2.45) is 0 Å². The average Bonchev–Trinajstić information content (AvgIpc) is 3.04. The van der Waals surface area contributed by atoms with Gasteiger partial charge in [0.1, 0.15) is 16.9 Å². The Labute approximate surface area is 146 Å². The van der Waals surface area contributed by atoms with Crippen LogP contribution >= 0.6 is 0 Å². The summed E-state index contributed by atoms with van der Waals surface area (Å²) < 4.78 is 6.00. The van der Waals surface area contributed by atoms with Crippen molar-refractivity contribution in [3.05, 3.63) is 66.0 Å². The fourth-order valence-electron chi connectivity index (χ4n) is 2.95. The quantitative estimate of drug-likeness (QED) is 0.526. The number of nitrogens with zero attached hydrogens (tertiary/aromatic N) is 2. The van der Waals surface area contributed by atoms with E-state index in [1.165, 1.54) is 5.56 Å². The average molecular weight is 329 g/mol. The summed E-state index contributed by atoms with van der Waals surface area (Å²) in [6.45, 7) is 2.89. The first kappa shape index (κ1) is 15.5. The number of nitrogens with one attached hydrogen (secondary N) is 1. The SMILES string of the molecule is CCc1nc(NCCCc2cc#ccc2)c2oc3ccccc3c2n1. The van der Waals surface area contributed by atoms with Gasteiger partial charge in [0, 0.05) is 18.4 Å². The molecule has 0 radical (unpaired) electrons. The molecule has 4 heteroatoms. The molecule has 0 unspecified atom stereocenters. The van der Waals surface area contributed by atoms with Crippen LogP contribution in [-0.4, -0.2) is 16.5 Å². The molecule has 124 valence electrons. The first-order chi connectivity index (χ1) is 12.3. The van der Waals surface area contributed by atoms with Crippen molar-refractivity contribution in [3.8, 4) is 0 Å². The fraction of sp³-hybridized carbons (Fsp3) is 0.238. The molecule has 25 heavy (non-hydrogen) atoms. The molecule has 0 bridgehead atoms. The zero-order chi connectivity index (χ0) is 17.1. The van der Waals surface area contributed by atoms with E-state index in [4.69, 9.17) is 4.42 Å². The Balaban J connectivity index is 1.57. The maximum Gasteiger partial charge on any atom is 0.196 e.